The minimum atomic E-state index is -4.46. The highest BCUT2D eigenvalue weighted by molar-refractivity contribution is 5.96. The number of amides is 1. The number of esters is 1. The zero-order valence-electron chi connectivity index (χ0n) is 11.4. The summed E-state index contributed by atoms with van der Waals surface area (Å²) in [5, 5.41) is 2.10. The van der Waals surface area contributed by atoms with Gasteiger partial charge in [0.25, 0.3) is 5.91 Å². The molecule has 8 heteroatoms. The number of benzene rings is 1. The van der Waals surface area contributed by atoms with E-state index in [0.29, 0.717) is 0 Å². The van der Waals surface area contributed by atoms with E-state index in [9.17, 15) is 22.8 Å². The number of alkyl halides is 3. The quantitative estimate of drug-likeness (QED) is 0.668. The van der Waals surface area contributed by atoms with Crippen molar-refractivity contribution in [3.63, 3.8) is 0 Å². The van der Waals surface area contributed by atoms with Crippen LogP contribution in [0.15, 0.2) is 24.3 Å². The smallest absolute Gasteiger partial charge is 0.393 e. The van der Waals surface area contributed by atoms with Gasteiger partial charge >= 0.3 is 12.1 Å². The molecule has 0 saturated carbocycles. The Kier molecular flexibility index (Phi) is 5.71. The van der Waals surface area contributed by atoms with E-state index < -0.39 is 30.7 Å². The third-order valence-corrected chi connectivity index (χ3v) is 2.56. The number of carbonyl (C=O) groups is 2. The molecular formula is C13H14F3NO4. The van der Waals surface area contributed by atoms with Crippen molar-refractivity contribution in [2.24, 2.45) is 0 Å². The summed E-state index contributed by atoms with van der Waals surface area (Å²) in [4.78, 5) is 23.0. The second-order valence-corrected chi connectivity index (χ2v) is 4.09. The Hall–Kier alpha value is -2.09. The number of halogens is 3. The molecule has 1 aromatic carbocycles. The lowest BCUT2D eigenvalue weighted by molar-refractivity contribution is -0.159. The molecule has 1 atom stereocenters. The van der Waals surface area contributed by atoms with Crippen molar-refractivity contribution in [2.45, 2.75) is 18.8 Å². The predicted octanol–water partition coefficient (Wildman–Crippen LogP) is 2.13. The molecule has 0 aliphatic carbocycles. The average molecular weight is 305 g/mol. The minimum Gasteiger partial charge on any atom is -0.465 e. The molecule has 0 fully saturated rings. The van der Waals surface area contributed by atoms with E-state index in [-0.39, 0.29) is 11.1 Å². The Labute approximate surface area is 119 Å². The highest BCUT2D eigenvalue weighted by Crippen LogP contribution is 2.21. The van der Waals surface area contributed by atoms with Gasteiger partial charge in [-0.1, -0.05) is 0 Å². The summed E-state index contributed by atoms with van der Waals surface area (Å²) >= 11 is 0. The number of hydrogen-bond donors (Lipinski definition) is 1. The first-order valence-electron chi connectivity index (χ1n) is 5.85. The van der Waals surface area contributed by atoms with E-state index in [0.717, 1.165) is 7.11 Å². The molecule has 116 valence electrons. The topological polar surface area (TPSA) is 64.6 Å². The fourth-order valence-corrected chi connectivity index (χ4v) is 1.51. The van der Waals surface area contributed by atoms with Crippen molar-refractivity contribution in [3.8, 4) is 0 Å². The molecular weight excluding hydrogens is 291 g/mol. The summed E-state index contributed by atoms with van der Waals surface area (Å²) < 4.78 is 45.8. The Morgan fingerprint density at radius 2 is 1.67 bits per heavy atom. The van der Waals surface area contributed by atoms with Crippen LogP contribution >= 0.6 is 0 Å². The minimum absolute atomic E-state index is 0.104. The van der Waals surface area contributed by atoms with Gasteiger partial charge in [0.2, 0.25) is 0 Å². The van der Waals surface area contributed by atoms with Crippen LogP contribution in [0.4, 0.5) is 13.2 Å². The van der Waals surface area contributed by atoms with Crippen LogP contribution in [0.5, 0.6) is 0 Å². The van der Waals surface area contributed by atoms with E-state index in [1.807, 2.05) is 0 Å². The number of ether oxygens (including phenoxy) is 2. The molecule has 0 aromatic heterocycles. The highest BCUT2D eigenvalue weighted by Gasteiger charge is 2.32. The summed E-state index contributed by atoms with van der Waals surface area (Å²) in [5.41, 5.74) is 0.333. The maximum absolute atomic E-state index is 12.2. The number of hydrogen-bond acceptors (Lipinski definition) is 4. The van der Waals surface area contributed by atoms with E-state index in [1.165, 1.54) is 31.4 Å². The summed E-state index contributed by atoms with van der Waals surface area (Å²) in [5.74, 6) is -1.31. The average Bonchev–Trinajstić information content (AvgIpc) is 2.44. The van der Waals surface area contributed by atoms with Gasteiger partial charge in [-0.25, -0.2) is 4.79 Å². The SMILES string of the molecule is COC(=O)c1ccc(C(=O)N[C@H](CC(F)(F)F)OC)cc1. The first kappa shape index (κ1) is 17.0. The van der Waals surface area contributed by atoms with Gasteiger partial charge in [0.1, 0.15) is 6.23 Å². The lowest BCUT2D eigenvalue weighted by Gasteiger charge is -2.18. The van der Waals surface area contributed by atoms with Crippen molar-refractivity contribution in [2.75, 3.05) is 14.2 Å². The lowest BCUT2D eigenvalue weighted by atomic mass is 10.1. The van der Waals surface area contributed by atoms with Gasteiger partial charge in [-0.3, -0.25) is 4.79 Å². The van der Waals surface area contributed by atoms with Crippen LogP contribution in [-0.2, 0) is 9.47 Å². The van der Waals surface area contributed by atoms with Gasteiger partial charge < -0.3 is 14.8 Å². The van der Waals surface area contributed by atoms with Gasteiger partial charge in [0.15, 0.2) is 0 Å². The second-order valence-electron chi connectivity index (χ2n) is 4.09. The van der Waals surface area contributed by atoms with Crippen LogP contribution in [0.25, 0.3) is 0 Å². The second kappa shape index (κ2) is 7.07. The van der Waals surface area contributed by atoms with Gasteiger partial charge in [-0.05, 0) is 24.3 Å². The van der Waals surface area contributed by atoms with Gasteiger partial charge in [-0.15, -0.1) is 0 Å². The summed E-state index contributed by atoms with van der Waals surface area (Å²) in [6, 6.07) is 5.29. The molecule has 21 heavy (non-hydrogen) atoms. The Morgan fingerprint density at radius 3 is 2.10 bits per heavy atom. The van der Waals surface area contributed by atoms with Crippen LogP contribution in [0.1, 0.15) is 27.1 Å². The molecule has 0 aliphatic heterocycles. The maximum atomic E-state index is 12.2. The fraction of sp³-hybridized carbons (Fsp3) is 0.385. The number of methoxy groups -OCH3 is 2. The van der Waals surface area contributed by atoms with E-state index in [2.05, 4.69) is 14.8 Å². The normalized spacial score (nSPS) is 12.6. The van der Waals surface area contributed by atoms with E-state index in [4.69, 9.17) is 0 Å². The van der Waals surface area contributed by atoms with Crippen molar-refractivity contribution < 1.29 is 32.2 Å². The molecule has 5 nitrogen and oxygen atoms in total. The lowest BCUT2D eigenvalue weighted by Crippen LogP contribution is -2.39. The zero-order chi connectivity index (χ0) is 16.0. The molecule has 1 N–H and O–H groups in total. The van der Waals surface area contributed by atoms with Gasteiger partial charge in [0, 0.05) is 12.7 Å². The summed E-state index contributed by atoms with van der Waals surface area (Å²) in [6.45, 7) is 0. The molecule has 0 aliphatic rings. The Bertz CT molecular complexity index is 499. The van der Waals surface area contributed by atoms with E-state index in [1.54, 1.807) is 0 Å². The number of carbonyl (C=O) groups excluding carboxylic acids is 2. The van der Waals surface area contributed by atoms with Crippen molar-refractivity contribution in [3.05, 3.63) is 35.4 Å². The van der Waals surface area contributed by atoms with Crippen LogP contribution in [0.2, 0.25) is 0 Å². The Morgan fingerprint density at radius 1 is 1.14 bits per heavy atom. The largest absolute Gasteiger partial charge is 0.465 e. The van der Waals surface area contributed by atoms with Crippen LogP contribution in [-0.4, -0.2) is 38.5 Å². The van der Waals surface area contributed by atoms with Crippen LogP contribution < -0.4 is 5.32 Å². The molecule has 1 aromatic rings. The third kappa shape index (κ3) is 5.42. The van der Waals surface area contributed by atoms with Gasteiger partial charge in [0.05, 0.1) is 19.1 Å². The summed E-state index contributed by atoms with van der Waals surface area (Å²) in [6.07, 6.45) is -7.23. The molecule has 1 amide bonds. The van der Waals surface area contributed by atoms with Gasteiger partial charge in [-0.2, -0.15) is 13.2 Å². The molecule has 0 heterocycles. The Balaban J connectivity index is 2.72. The van der Waals surface area contributed by atoms with Crippen molar-refractivity contribution in [1.82, 2.24) is 5.32 Å². The third-order valence-electron chi connectivity index (χ3n) is 2.56. The standard InChI is InChI=1S/C13H14F3NO4/c1-20-10(7-13(14,15)16)17-11(18)8-3-5-9(6-4-8)12(19)21-2/h3-6,10H,7H2,1-2H3,(H,17,18)/t10-/m0/s1. The predicted molar refractivity (Wildman–Crippen MR) is 66.7 cm³/mol. The number of rotatable bonds is 5. The molecule has 0 saturated heterocycles. The maximum Gasteiger partial charge on any atom is 0.393 e. The first-order valence-corrected chi connectivity index (χ1v) is 5.85. The summed E-state index contributed by atoms with van der Waals surface area (Å²) in [7, 11) is 2.28. The zero-order valence-corrected chi connectivity index (χ0v) is 11.4. The highest BCUT2D eigenvalue weighted by atomic mass is 19.4. The van der Waals surface area contributed by atoms with Crippen molar-refractivity contribution >= 4 is 11.9 Å². The molecule has 0 spiro atoms. The monoisotopic (exact) mass is 305 g/mol. The van der Waals surface area contributed by atoms with Crippen molar-refractivity contribution in [1.29, 1.82) is 0 Å². The first-order chi connectivity index (χ1) is 9.76. The number of nitrogens with one attached hydrogen (secondary N) is 1. The van der Waals surface area contributed by atoms with Crippen LogP contribution in [0, 0.1) is 0 Å². The molecule has 1 rings (SSSR count). The van der Waals surface area contributed by atoms with E-state index >= 15 is 0 Å². The molecule has 0 radical (unpaired) electrons. The fourth-order valence-electron chi connectivity index (χ4n) is 1.51. The molecule has 0 bridgehead atoms. The van der Waals surface area contributed by atoms with Crippen LogP contribution in [0.3, 0.4) is 0 Å². The molecule has 0 unspecified atom stereocenters.